The Morgan fingerprint density at radius 1 is 1.21 bits per heavy atom. The van der Waals surface area contributed by atoms with E-state index in [0.717, 1.165) is 17.8 Å². The summed E-state index contributed by atoms with van der Waals surface area (Å²) in [6.07, 6.45) is 0.939. The second kappa shape index (κ2) is 5.88. The first kappa shape index (κ1) is 12.2. The van der Waals surface area contributed by atoms with E-state index >= 15 is 0 Å². The Morgan fingerprint density at radius 2 is 2.07 bits per heavy atom. The molecule has 0 N–H and O–H groups in total. The van der Waals surface area contributed by atoms with Gasteiger partial charge in [-0.2, -0.15) is 17.7 Å². The molecule has 0 aliphatic carbocycles. The van der Waals surface area contributed by atoms with Gasteiger partial charge in [0.1, 0.15) is 0 Å². The van der Waals surface area contributed by atoms with Crippen LogP contribution in [0.4, 0.5) is 0 Å². The number of rotatable bonds is 2. The van der Waals surface area contributed by atoms with Crippen LogP contribution in [0.2, 0.25) is 0 Å². The van der Waals surface area contributed by atoms with Crippen LogP contribution in [-0.4, -0.2) is 4.98 Å². The normalized spacial score (nSPS) is 9.50. The SMILES string of the molecule is Cc1cccc(Cc2ccc[cH-]2)n1.[K+]. The molecule has 2 heteroatoms. The first-order chi connectivity index (χ1) is 6.34. The average Bonchev–Trinajstić information content (AvgIpc) is 2.57. The van der Waals surface area contributed by atoms with Crippen LogP contribution in [-0.2, 0) is 6.42 Å². The summed E-state index contributed by atoms with van der Waals surface area (Å²) in [7, 11) is 0. The van der Waals surface area contributed by atoms with Crippen LogP contribution in [0, 0.1) is 6.92 Å². The maximum atomic E-state index is 4.45. The van der Waals surface area contributed by atoms with E-state index in [0.29, 0.717) is 0 Å². The van der Waals surface area contributed by atoms with E-state index in [-0.39, 0.29) is 51.4 Å². The van der Waals surface area contributed by atoms with Crippen molar-refractivity contribution in [3.63, 3.8) is 0 Å². The standard InChI is InChI=1S/C12H12N.K/c1-10-5-4-8-12(13-10)9-11-6-2-3-7-11;/h2-8H,9H2,1H3;/q-1;+1. The molecule has 0 amide bonds. The minimum Gasteiger partial charge on any atom is -0.258 e. The summed E-state index contributed by atoms with van der Waals surface area (Å²) < 4.78 is 0. The van der Waals surface area contributed by atoms with Crippen molar-refractivity contribution in [1.29, 1.82) is 0 Å². The fraction of sp³-hybridized carbons (Fsp3) is 0.167. The summed E-state index contributed by atoms with van der Waals surface area (Å²) in [5.41, 5.74) is 3.56. The Kier molecular flexibility index (Phi) is 5.13. The maximum absolute atomic E-state index is 4.45. The van der Waals surface area contributed by atoms with Gasteiger partial charge in [0, 0.05) is 11.4 Å². The van der Waals surface area contributed by atoms with E-state index in [1.54, 1.807) is 0 Å². The van der Waals surface area contributed by atoms with Crippen molar-refractivity contribution in [2.24, 2.45) is 0 Å². The molecular formula is C12H12KN. The number of hydrogen-bond acceptors (Lipinski definition) is 1. The Bertz CT molecular complexity index is 379. The Morgan fingerprint density at radius 3 is 2.71 bits per heavy atom. The van der Waals surface area contributed by atoms with Crippen molar-refractivity contribution in [3.05, 3.63) is 59.4 Å². The van der Waals surface area contributed by atoms with Crippen molar-refractivity contribution in [1.82, 2.24) is 4.98 Å². The summed E-state index contributed by atoms with van der Waals surface area (Å²) in [5.74, 6) is 0. The molecule has 2 rings (SSSR count). The number of hydrogen-bond donors (Lipinski definition) is 0. The van der Waals surface area contributed by atoms with Crippen molar-refractivity contribution in [2.45, 2.75) is 13.3 Å². The van der Waals surface area contributed by atoms with Crippen LogP contribution in [0.3, 0.4) is 0 Å². The molecule has 14 heavy (non-hydrogen) atoms. The third-order valence-electron chi connectivity index (χ3n) is 2.06. The molecule has 0 saturated heterocycles. The van der Waals surface area contributed by atoms with E-state index in [9.17, 15) is 0 Å². The largest absolute Gasteiger partial charge is 1.00 e. The van der Waals surface area contributed by atoms with Gasteiger partial charge >= 0.3 is 51.4 Å². The summed E-state index contributed by atoms with van der Waals surface area (Å²) in [6.45, 7) is 2.02. The number of pyridine rings is 1. The van der Waals surface area contributed by atoms with Gasteiger partial charge in [0.25, 0.3) is 0 Å². The van der Waals surface area contributed by atoms with E-state index in [1.165, 1.54) is 5.56 Å². The number of aryl methyl sites for hydroxylation is 1. The van der Waals surface area contributed by atoms with Gasteiger partial charge in [0.15, 0.2) is 0 Å². The Hall–Kier alpha value is 0.136. The van der Waals surface area contributed by atoms with Gasteiger partial charge in [-0.3, -0.25) is 4.98 Å². The van der Waals surface area contributed by atoms with Gasteiger partial charge < -0.3 is 0 Å². The topological polar surface area (TPSA) is 12.9 Å². The first-order valence-electron chi connectivity index (χ1n) is 4.48. The van der Waals surface area contributed by atoms with Gasteiger partial charge in [-0.05, 0) is 25.5 Å². The minimum absolute atomic E-state index is 0. The second-order valence-electron chi connectivity index (χ2n) is 3.24. The molecule has 1 heterocycles. The third kappa shape index (κ3) is 3.37. The molecule has 0 aliphatic rings. The average molecular weight is 209 g/mol. The van der Waals surface area contributed by atoms with Crippen molar-refractivity contribution in [2.75, 3.05) is 0 Å². The zero-order valence-electron chi connectivity index (χ0n) is 8.70. The van der Waals surface area contributed by atoms with Gasteiger partial charge in [-0.15, -0.1) is 0 Å². The molecular weight excluding hydrogens is 197 g/mol. The fourth-order valence-corrected chi connectivity index (χ4v) is 1.44. The molecule has 0 aliphatic heterocycles. The zero-order valence-corrected chi connectivity index (χ0v) is 11.8. The Balaban J connectivity index is 0.000000980. The molecule has 0 atom stereocenters. The molecule has 1 aromatic heterocycles. The van der Waals surface area contributed by atoms with E-state index in [4.69, 9.17) is 0 Å². The van der Waals surface area contributed by atoms with Gasteiger partial charge in [0.05, 0.1) is 0 Å². The second-order valence-corrected chi connectivity index (χ2v) is 3.24. The molecule has 66 valence electrons. The van der Waals surface area contributed by atoms with E-state index in [2.05, 4.69) is 41.4 Å². The molecule has 0 unspecified atom stereocenters. The van der Waals surface area contributed by atoms with Crippen molar-refractivity contribution < 1.29 is 51.4 Å². The van der Waals surface area contributed by atoms with Gasteiger partial charge in [0.2, 0.25) is 0 Å². The minimum atomic E-state index is 0. The summed E-state index contributed by atoms with van der Waals surface area (Å²) in [5, 5.41) is 0. The number of nitrogens with zero attached hydrogens (tertiary/aromatic N) is 1. The summed E-state index contributed by atoms with van der Waals surface area (Å²) in [6, 6.07) is 14.5. The predicted octanol–water partition coefficient (Wildman–Crippen LogP) is -0.296. The van der Waals surface area contributed by atoms with Crippen LogP contribution in [0.15, 0.2) is 42.5 Å². The molecule has 0 radical (unpaired) electrons. The summed E-state index contributed by atoms with van der Waals surface area (Å²) in [4.78, 5) is 4.45. The maximum Gasteiger partial charge on any atom is 1.00 e. The summed E-state index contributed by atoms with van der Waals surface area (Å²) >= 11 is 0. The van der Waals surface area contributed by atoms with Crippen molar-refractivity contribution in [3.8, 4) is 0 Å². The third-order valence-corrected chi connectivity index (χ3v) is 2.06. The quantitative estimate of drug-likeness (QED) is 0.489. The Labute approximate surface area is 127 Å². The van der Waals surface area contributed by atoms with Crippen LogP contribution >= 0.6 is 0 Å². The number of aromatic nitrogens is 1. The molecule has 0 spiro atoms. The monoisotopic (exact) mass is 209 g/mol. The van der Waals surface area contributed by atoms with Crippen LogP contribution in [0.5, 0.6) is 0 Å². The molecule has 1 aromatic carbocycles. The van der Waals surface area contributed by atoms with Crippen LogP contribution < -0.4 is 51.4 Å². The predicted molar refractivity (Wildman–Crippen MR) is 53.8 cm³/mol. The van der Waals surface area contributed by atoms with E-state index in [1.807, 2.05) is 13.0 Å². The molecule has 2 aromatic rings. The molecule has 1 nitrogen and oxygen atoms in total. The van der Waals surface area contributed by atoms with Gasteiger partial charge in [-0.25, -0.2) is 12.1 Å². The zero-order chi connectivity index (χ0) is 9.10. The van der Waals surface area contributed by atoms with Crippen LogP contribution in [0.1, 0.15) is 17.0 Å². The van der Waals surface area contributed by atoms with Gasteiger partial charge in [-0.1, -0.05) is 6.07 Å². The first-order valence-corrected chi connectivity index (χ1v) is 4.48. The fourth-order valence-electron chi connectivity index (χ4n) is 1.44. The molecule has 0 saturated carbocycles. The molecule has 0 bridgehead atoms. The van der Waals surface area contributed by atoms with E-state index < -0.39 is 0 Å². The van der Waals surface area contributed by atoms with Crippen molar-refractivity contribution >= 4 is 0 Å². The van der Waals surface area contributed by atoms with Crippen LogP contribution in [0.25, 0.3) is 0 Å². The smallest absolute Gasteiger partial charge is 0.258 e. The molecule has 0 fully saturated rings.